The van der Waals surface area contributed by atoms with Crippen molar-refractivity contribution in [1.29, 1.82) is 0 Å². The molecule has 0 bridgehead atoms. The molecule has 1 N–H and O–H groups in total. The van der Waals surface area contributed by atoms with Gasteiger partial charge in [-0.1, -0.05) is 6.42 Å². The van der Waals surface area contributed by atoms with Crippen molar-refractivity contribution in [1.82, 2.24) is 5.32 Å². The van der Waals surface area contributed by atoms with Crippen LogP contribution in [0.5, 0.6) is 0 Å². The highest BCUT2D eigenvalue weighted by Crippen LogP contribution is 2.36. The second-order valence-corrected chi connectivity index (χ2v) is 6.71. The van der Waals surface area contributed by atoms with Crippen molar-refractivity contribution in [3.8, 4) is 0 Å². The fraction of sp³-hybridized carbons (Fsp3) is 0.800. The summed E-state index contributed by atoms with van der Waals surface area (Å²) in [7, 11) is 1.16. The molecule has 0 spiro atoms. The van der Waals surface area contributed by atoms with Crippen LogP contribution in [0.3, 0.4) is 0 Å². The van der Waals surface area contributed by atoms with Crippen LogP contribution in [0.15, 0.2) is 0 Å². The minimum absolute atomic E-state index is 0.307. The van der Waals surface area contributed by atoms with Gasteiger partial charge in [0.05, 0.1) is 13.0 Å². The number of carbonyl (C=O) groups is 3. The van der Waals surface area contributed by atoms with E-state index in [9.17, 15) is 27.6 Å². The first-order chi connectivity index (χ1) is 10.9. The molecule has 0 aliphatic heterocycles. The van der Waals surface area contributed by atoms with Gasteiger partial charge in [0.2, 0.25) is 0 Å². The van der Waals surface area contributed by atoms with E-state index in [4.69, 9.17) is 4.74 Å². The number of alkyl halides is 3. The quantitative estimate of drug-likeness (QED) is 0.782. The number of amides is 1. The van der Waals surface area contributed by atoms with Gasteiger partial charge < -0.3 is 14.8 Å². The normalized spacial score (nSPS) is 22.6. The highest BCUT2D eigenvalue weighted by Gasteiger charge is 2.47. The lowest BCUT2D eigenvalue weighted by Gasteiger charge is -2.30. The van der Waals surface area contributed by atoms with Gasteiger partial charge in [-0.2, -0.15) is 13.2 Å². The molecule has 1 saturated carbocycles. The van der Waals surface area contributed by atoms with Crippen LogP contribution in [-0.4, -0.2) is 42.8 Å². The van der Waals surface area contributed by atoms with Crippen molar-refractivity contribution in [3.63, 3.8) is 0 Å². The maximum absolute atomic E-state index is 12.6. The summed E-state index contributed by atoms with van der Waals surface area (Å²) in [5, 5.41) is 1.68. The number of carbonyl (C=O) groups excluding carboxylic acids is 3. The number of ether oxygens (including phenoxy) is 2. The van der Waals surface area contributed by atoms with Crippen molar-refractivity contribution in [2.24, 2.45) is 11.8 Å². The van der Waals surface area contributed by atoms with Crippen molar-refractivity contribution in [2.75, 3.05) is 7.11 Å². The molecule has 1 aliphatic carbocycles. The van der Waals surface area contributed by atoms with Crippen LogP contribution in [0.25, 0.3) is 0 Å². The monoisotopic (exact) mass is 353 g/mol. The summed E-state index contributed by atoms with van der Waals surface area (Å²) in [6.07, 6.45) is -3.93. The summed E-state index contributed by atoms with van der Waals surface area (Å²) >= 11 is 0. The minimum atomic E-state index is -5.14. The van der Waals surface area contributed by atoms with Gasteiger partial charge in [-0.25, -0.2) is 4.79 Å². The molecule has 24 heavy (non-hydrogen) atoms. The molecule has 0 aromatic heterocycles. The first kappa shape index (κ1) is 20.2. The van der Waals surface area contributed by atoms with E-state index in [-0.39, 0.29) is 0 Å². The average molecular weight is 353 g/mol. The van der Waals surface area contributed by atoms with Crippen molar-refractivity contribution in [2.45, 2.75) is 57.9 Å². The van der Waals surface area contributed by atoms with E-state index in [0.717, 1.165) is 7.11 Å². The molecule has 1 rings (SSSR count). The lowest BCUT2D eigenvalue weighted by Crippen LogP contribution is -2.53. The molecule has 3 atom stereocenters. The number of hydrogen-bond donors (Lipinski definition) is 1. The van der Waals surface area contributed by atoms with Crippen LogP contribution in [-0.2, 0) is 23.9 Å². The van der Waals surface area contributed by atoms with Gasteiger partial charge in [0, 0.05) is 5.92 Å². The molecule has 9 heteroatoms. The molecule has 1 aliphatic rings. The summed E-state index contributed by atoms with van der Waals surface area (Å²) in [6.45, 7) is 4.67. The van der Waals surface area contributed by atoms with E-state index >= 15 is 0 Å². The molecule has 1 amide bonds. The summed E-state index contributed by atoms with van der Waals surface area (Å²) in [5.74, 6) is -5.43. The summed E-state index contributed by atoms with van der Waals surface area (Å²) < 4.78 is 47.4. The van der Waals surface area contributed by atoms with Crippen LogP contribution in [0.4, 0.5) is 13.2 Å². The molecule has 0 aromatic rings. The highest BCUT2D eigenvalue weighted by molar-refractivity contribution is 5.88. The van der Waals surface area contributed by atoms with Crippen molar-refractivity contribution >= 4 is 17.8 Å². The molecule has 0 unspecified atom stereocenters. The molecule has 0 radical (unpaired) electrons. The van der Waals surface area contributed by atoms with Gasteiger partial charge in [-0.05, 0) is 33.6 Å². The number of methoxy groups -OCH3 is 1. The molecule has 1 fully saturated rings. The fourth-order valence-corrected chi connectivity index (χ4v) is 2.76. The number of halogens is 3. The predicted molar refractivity (Wildman–Crippen MR) is 76.7 cm³/mol. The van der Waals surface area contributed by atoms with Gasteiger partial charge in [0.25, 0.3) is 0 Å². The van der Waals surface area contributed by atoms with E-state index in [1.54, 1.807) is 26.1 Å². The molecule has 0 heterocycles. The van der Waals surface area contributed by atoms with Crippen LogP contribution in [0, 0.1) is 11.8 Å². The molecular weight excluding hydrogens is 331 g/mol. The topological polar surface area (TPSA) is 81.7 Å². The Balaban J connectivity index is 3.06. The third kappa shape index (κ3) is 5.38. The highest BCUT2D eigenvalue weighted by atomic mass is 19.4. The van der Waals surface area contributed by atoms with Crippen LogP contribution in [0.1, 0.15) is 40.0 Å². The standard InChI is InChI=1S/C15H22F3NO5/c1-14(2,3)24-12(21)10(19-13(22)15(16,17)18)8-6-5-7-9(8)11(20)23-4/h8-10H,5-7H2,1-4H3,(H,19,22)/t8-,9-,10-/m1/s1. The van der Waals surface area contributed by atoms with Crippen molar-refractivity contribution < 1.29 is 37.0 Å². The second kappa shape index (κ2) is 7.40. The number of hydrogen-bond acceptors (Lipinski definition) is 5. The van der Waals surface area contributed by atoms with E-state index in [2.05, 4.69) is 4.74 Å². The Kier molecular flexibility index (Phi) is 6.24. The summed E-state index contributed by atoms with van der Waals surface area (Å²) in [5.41, 5.74) is -0.947. The van der Waals surface area contributed by atoms with Crippen molar-refractivity contribution in [3.05, 3.63) is 0 Å². The average Bonchev–Trinajstić information content (AvgIpc) is 2.89. The van der Waals surface area contributed by atoms with Crippen LogP contribution < -0.4 is 5.32 Å². The minimum Gasteiger partial charge on any atom is -0.469 e. The van der Waals surface area contributed by atoms with Gasteiger partial charge in [0.15, 0.2) is 0 Å². The van der Waals surface area contributed by atoms with Gasteiger partial charge in [-0.3, -0.25) is 9.59 Å². The zero-order valence-corrected chi connectivity index (χ0v) is 14.0. The lowest BCUT2D eigenvalue weighted by atomic mass is 9.88. The maximum atomic E-state index is 12.6. The predicted octanol–water partition coefficient (Wildman–Crippen LogP) is 1.96. The zero-order chi connectivity index (χ0) is 18.7. The Morgan fingerprint density at radius 1 is 1.12 bits per heavy atom. The first-order valence-corrected chi connectivity index (χ1v) is 7.55. The Hall–Kier alpha value is -1.80. The molecular formula is C15H22F3NO5. The SMILES string of the molecule is COC(=O)[C@@H]1CCC[C@H]1[C@@H](NC(=O)C(F)(F)F)C(=O)OC(C)(C)C. The Morgan fingerprint density at radius 3 is 2.17 bits per heavy atom. The molecule has 6 nitrogen and oxygen atoms in total. The molecule has 0 aromatic carbocycles. The van der Waals surface area contributed by atoms with Crippen LogP contribution in [0.2, 0.25) is 0 Å². The maximum Gasteiger partial charge on any atom is 0.471 e. The van der Waals surface area contributed by atoms with Gasteiger partial charge >= 0.3 is 24.0 Å². The smallest absolute Gasteiger partial charge is 0.469 e. The first-order valence-electron chi connectivity index (χ1n) is 7.55. The third-order valence-electron chi connectivity index (χ3n) is 3.71. The van der Waals surface area contributed by atoms with Crippen LogP contribution >= 0.6 is 0 Å². The third-order valence-corrected chi connectivity index (χ3v) is 3.71. The Bertz CT molecular complexity index is 498. The van der Waals surface area contributed by atoms with Gasteiger partial charge in [0.1, 0.15) is 11.6 Å². The van der Waals surface area contributed by atoms with E-state index in [1.807, 2.05) is 0 Å². The van der Waals surface area contributed by atoms with E-state index in [0.29, 0.717) is 19.3 Å². The number of rotatable bonds is 4. The second-order valence-electron chi connectivity index (χ2n) is 6.71. The zero-order valence-electron chi connectivity index (χ0n) is 14.0. The lowest BCUT2D eigenvalue weighted by molar-refractivity contribution is -0.178. The van der Waals surface area contributed by atoms with E-state index < -0.39 is 47.5 Å². The molecule has 138 valence electrons. The summed E-state index contributed by atoms with van der Waals surface area (Å²) in [6, 6.07) is -1.56. The summed E-state index contributed by atoms with van der Waals surface area (Å²) in [4.78, 5) is 35.4. The molecule has 0 saturated heterocycles. The largest absolute Gasteiger partial charge is 0.471 e. The Labute approximate surface area is 138 Å². The van der Waals surface area contributed by atoms with E-state index in [1.165, 1.54) is 0 Å². The number of nitrogens with one attached hydrogen (secondary N) is 1. The van der Waals surface area contributed by atoms with Gasteiger partial charge in [-0.15, -0.1) is 0 Å². The Morgan fingerprint density at radius 2 is 1.71 bits per heavy atom. The fourth-order valence-electron chi connectivity index (χ4n) is 2.76. The number of esters is 2.